The van der Waals surface area contributed by atoms with Crippen LogP contribution in [0.4, 0.5) is 5.00 Å². The molecule has 62 valence electrons. The highest BCUT2D eigenvalue weighted by Crippen LogP contribution is 2.32. The van der Waals surface area contributed by atoms with Crippen molar-refractivity contribution in [3.8, 4) is 5.75 Å². The second kappa shape index (κ2) is 2.38. The number of nitrogens with two attached hydrogens (primary N) is 1. The van der Waals surface area contributed by atoms with Gasteiger partial charge in [-0.15, -0.1) is 11.3 Å². The number of nitrogen functional groups attached to an aromatic ring is 1. The first-order valence-electron chi connectivity index (χ1n) is 3.65. The van der Waals surface area contributed by atoms with Crippen molar-refractivity contribution in [1.29, 1.82) is 0 Å². The molecule has 2 rings (SSSR count). The summed E-state index contributed by atoms with van der Waals surface area (Å²) >= 11 is 1.55. The SMILES string of the molecule is Cc1cc(O)cc2cc(N)sc12. The Hall–Kier alpha value is -1.22. The molecule has 1 aromatic heterocycles. The summed E-state index contributed by atoms with van der Waals surface area (Å²) in [6.45, 7) is 1.97. The number of rotatable bonds is 0. The van der Waals surface area contributed by atoms with Crippen LogP contribution in [-0.2, 0) is 0 Å². The van der Waals surface area contributed by atoms with Crippen molar-refractivity contribution in [2.75, 3.05) is 5.73 Å². The van der Waals surface area contributed by atoms with Gasteiger partial charge in [-0.1, -0.05) is 0 Å². The van der Waals surface area contributed by atoms with Crippen LogP contribution < -0.4 is 5.73 Å². The lowest BCUT2D eigenvalue weighted by atomic mass is 10.2. The maximum Gasteiger partial charge on any atom is 0.116 e. The van der Waals surface area contributed by atoms with Crippen LogP contribution in [0.25, 0.3) is 10.1 Å². The Morgan fingerprint density at radius 2 is 2.08 bits per heavy atom. The Labute approximate surface area is 74.3 Å². The van der Waals surface area contributed by atoms with Crippen LogP contribution in [0.15, 0.2) is 18.2 Å². The quantitative estimate of drug-likeness (QED) is 0.652. The summed E-state index contributed by atoms with van der Waals surface area (Å²) in [5, 5.41) is 11.1. The molecule has 12 heavy (non-hydrogen) atoms. The third-order valence-corrected chi connectivity index (χ3v) is 2.92. The number of thiophene rings is 1. The molecule has 0 unspecified atom stereocenters. The van der Waals surface area contributed by atoms with Gasteiger partial charge in [0.2, 0.25) is 0 Å². The standard InChI is InChI=1S/C9H9NOS/c1-5-2-7(11)3-6-4-8(10)12-9(5)6/h2-4,11H,10H2,1H3. The van der Waals surface area contributed by atoms with Crippen LogP contribution in [0.5, 0.6) is 5.75 Å². The van der Waals surface area contributed by atoms with Gasteiger partial charge in [-0.3, -0.25) is 0 Å². The van der Waals surface area contributed by atoms with E-state index in [1.54, 1.807) is 23.5 Å². The van der Waals surface area contributed by atoms with E-state index < -0.39 is 0 Å². The second-order valence-electron chi connectivity index (χ2n) is 2.83. The Kier molecular flexibility index (Phi) is 1.48. The normalized spacial score (nSPS) is 10.8. The molecule has 2 aromatic rings. The van der Waals surface area contributed by atoms with Crippen LogP contribution in [0.2, 0.25) is 0 Å². The molecule has 2 nitrogen and oxygen atoms in total. The van der Waals surface area contributed by atoms with E-state index in [-0.39, 0.29) is 0 Å². The molecule has 1 aromatic carbocycles. The van der Waals surface area contributed by atoms with Gasteiger partial charge in [-0.05, 0) is 36.1 Å². The molecular weight excluding hydrogens is 170 g/mol. The molecule has 0 fully saturated rings. The van der Waals surface area contributed by atoms with Crippen LogP contribution in [-0.4, -0.2) is 5.11 Å². The monoisotopic (exact) mass is 179 g/mol. The first-order chi connectivity index (χ1) is 5.66. The number of hydrogen-bond donors (Lipinski definition) is 2. The maximum absolute atomic E-state index is 9.28. The van der Waals surface area contributed by atoms with Gasteiger partial charge < -0.3 is 10.8 Å². The number of aromatic hydroxyl groups is 1. The first-order valence-corrected chi connectivity index (χ1v) is 4.47. The van der Waals surface area contributed by atoms with Gasteiger partial charge in [0.25, 0.3) is 0 Å². The summed E-state index contributed by atoms with van der Waals surface area (Å²) < 4.78 is 1.16. The molecule has 0 saturated heterocycles. The van der Waals surface area contributed by atoms with Crippen LogP contribution >= 0.6 is 11.3 Å². The van der Waals surface area contributed by atoms with E-state index in [0.717, 1.165) is 20.7 Å². The van der Waals surface area contributed by atoms with E-state index in [0.29, 0.717) is 5.75 Å². The highest BCUT2D eigenvalue weighted by molar-refractivity contribution is 7.22. The lowest BCUT2D eigenvalue weighted by molar-refractivity contribution is 0.476. The minimum atomic E-state index is 0.304. The van der Waals surface area contributed by atoms with Crippen molar-refractivity contribution in [2.24, 2.45) is 0 Å². The number of hydrogen-bond acceptors (Lipinski definition) is 3. The predicted octanol–water partition coefficient (Wildman–Crippen LogP) is 2.50. The molecule has 0 aliphatic carbocycles. The lowest BCUT2D eigenvalue weighted by Gasteiger charge is -1.96. The zero-order valence-corrected chi connectivity index (χ0v) is 7.48. The van der Waals surface area contributed by atoms with E-state index in [2.05, 4.69) is 0 Å². The van der Waals surface area contributed by atoms with Crippen molar-refractivity contribution >= 4 is 26.4 Å². The summed E-state index contributed by atoms with van der Waals surface area (Å²) in [5.41, 5.74) is 6.72. The van der Waals surface area contributed by atoms with Gasteiger partial charge in [0.05, 0.1) is 5.00 Å². The van der Waals surface area contributed by atoms with Gasteiger partial charge in [0, 0.05) is 4.70 Å². The second-order valence-corrected chi connectivity index (χ2v) is 3.91. The Morgan fingerprint density at radius 3 is 2.83 bits per heavy atom. The first kappa shape index (κ1) is 7.43. The van der Waals surface area contributed by atoms with Gasteiger partial charge in [0.1, 0.15) is 5.75 Å². The zero-order valence-electron chi connectivity index (χ0n) is 6.66. The van der Waals surface area contributed by atoms with Crippen LogP contribution in [0.1, 0.15) is 5.56 Å². The number of aryl methyl sites for hydroxylation is 1. The molecule has 0 atom stereocenters. The fourth-order valence-electron chi connectivity index (χ4n) is 1.33. The van der Waals surface area contributed by atoms with E-state index in [1.165, 1.54) is 0 Å². The van der Waals surface area contributed by atoms with Crippen LogP contribution in [0, 0.1) is 6.92 Å². The maximum atomic E-state index is 9.28. The topological polar surface area (TPSA) is 46.2 Å². The molecule has 0 spiro atoms. The third kappa shape index (κ3) is 1.02. The minimum Gasteiger partial charge on any atom is -0.508 e. The number of fused-ring (bicyclic) bond motifs is 1. The molecule has 0 amide bonds. The number of phenolic OH excluding ortho intramolecular Hbond substituents is 1. The van der Waals surface area contributed by atoms with Gasteiger partial charge in [0.15, 0.2) is 0 Å². The van der Waals surface area contributed by atoms with E-state index in [1.807, 2.05) is 13.0 Å². The Bertz CT molecular complexity index is 433. The highest BCUT2D eigenvalue weighted by atomic mass is 32.1. The minimum absolute atomic E-state index is 0.304. The highest BCUT2D eigenvalue weighted by Gasteiger charge is 2.03. The summed E-state index contributed by atoms with van der Waals surface area (Å²) in [4.78, 5) is 0. The molecular formula is C9H9NOS. The van der Waals surface area contributed by atoms with Crippen molar-refractivity contribution in [3.63, 3.8) is 0 Å². The largest absolute Gasteiger partial charge is 0.508 e. The molecule has 3 heteroatoms. The number of anilines is 1. The summed E-state index contributed by atoms with van der Waals surface area (Å²) in [7, 11) is 0. The lowest BCUT2D eigenvalue weighted by Crippen LogP contribution is -1.72. The Morgan fingerprint density at radius 1 is 1.33 bits per heavy atom. The number of phenols is 1. The smallest absolute Gasteiger partial charge is 0.116 e. The summed E-state index contributed by atoms with van der Waals surface area (Å²) in [5.74, 6) is 0.304. The number of benzene rings is 1. The molecule has 0 saturated carbocycles. The molecule has 0 aliphatic rings. The predicted molar refractivity (Wildman–Crippen MR) is 52.6 cm³/mol. The zero-order chi connectivity index (χ0) is 8.72. The van der Waals surface area contributed by atoms with Crippen molar-refractivity contribution in [1.82, 2.24) is 0 Å². The van der Waals surface area contributed by atoms with E-state index >= 15 is 0 Å². The van der Waals surface area contributed by atoms with Crippen molar-refractivity contribution in [2.45, 2.75) is 6.92 Å². The summed E-state index contributed by atoms with van der Waals surface area (Å²) in [6, 6.07) is 5.36. The van der Waals surface area contributed by atoms with Gasteiger partial charge in [-0.25, -0.2) is 0 Å². The Balaban J connectivity index is 2.88. The van der Waals surface area contributed by atoms with Gasteiger partial charge in [-0.2, -0.15) is 0 Å². The van der Waals surface area contributed by atoms with E-state index in [4.69, 9.17) is 5.73 Å². The molecule has 0 aliphatic heterocycles. The van der Waals surface area contributed by atoms with Crippen LogP contribution in [0.3, 0.4) is 0 Å². The van der Waals surface area contributed by atoms with Crippen molar-refractivity contribution < 1.29 is 5.11 Å². The molecule has 3 N–H and O–H groups in total. The molecule has 1 heterocycles. The molecule has 0 bridgehead atoms. The van der Waals surface area contributed by atoms with E-state index in [9.17, 15) is 5.11 Å². The fourth-order valence-corrected chi connectivity index (χ4v) is 2.21. The average Bonchev–Trinajstić information content (AvgIpc) is 2.29. The fraction of sp³-hybridized carbons (Fsp3) is 0.111. The molecule has 0 radical (unpaired) electrons. The van der Waals surface area contributed by atoms with Gasteiger partial charge >= 0.3 is 0 Å². The summed E-state index contributed by atoms with van der Waals surface area (Å²) in [6.07, 6.45) is 0. The average molecular weight is 179 g/mol. The van der Waals surface area contributed by atoms with Crippen molar-refractivity contribution in [3.05, 3.63) is 23.8 Å². The third-order valence-electron chi connectivity index (χ3n) is 1.81.